The van der Waals surface area contributed by atoms with Gasteiger partial charge in [0.2, 0.25) is 0 Å². The third-order valence-corrected chi connectivity index (χ3v) is 4.15. The molecule has 108 valence electrons. The third-order valence-electron chi connectivity index (χ3n) is 3.20. The minimum Gasteiger partial charge on any atom is -0.309 e. The summed E-state index contributed by atoms with van der Waals surface area (Å²) in [6.45, 7) is 9.11. The molecule has 0 spiro atoms. The van der Waals surface area contributed by atoms with Crippen molar-refractivity contribution in [3.05, 3.63) is 35.4 Å². The van der Waals surface area contributed by atoms with Crippen LogP contribution in [0, 0.1) is 0 Å². The van der Waals surface area contributed by atoms with Gasteiger partial charge in [-0.1, -0.05) is 45.0 Å². The molecule has 4 heteroatoms. The van der Waals surface area contributed by atoms with Crippen molar-refractivity contribution in [1.82, 2.24) is 5.32 Å². The van der Waals surface area contributed by atoms with Crippen molar-refractivity contribution in [2.75, 3.05) is 18.6 Å². The second-order valence-electron chi connectivity index (χ2n) is 6.18. The van der Waals surface area contributed by atoms with Crippen molar-refractivity contribution in [2.45, 2.75) is 39.2 Å². The van der Waals surface area contributed by atoms with Gasteiger partial charge in [-0.3, -0.25) is 0 Å². The zero-order chi connectivity index (χ0) is 14.7. The minimum atomic E-state index is -2.89. The van der Waals surface area contributed by atoms with Crippen molar-refractivity contribution >= 4 is 9.84 Å². The number of hydrogen-bond donors (Lipinski definition) is 1. The third kappa shape index (κ3) is 5.74. The van der Waals surface area contributed by atoms with Crippen molar-refractivity contribution in [3.8, 4) is 0 Å². The van der Waals surface area contributed by atoms with E-state index in [1.807, 2.05) is 6.92 Å². The van der Waals surface area contributed by atoms with Gasteiger partial charge in [0.05, 0.1) is 5.75 Å². The Morgan fingerprint density at radius 2 is 1.68 bits per heavy atom. The lowest BCUT2D eigenvalue weighted by atomic mass is 9.86. The van der Waals surface area contributed by atoms with Crippen LogP contribution in [0.4, 0.5) is 0 Å². The highest BCUT2D eigenvalue weighted by Gasteiger charge is 2.14. The Bertz CT molecular complexity index is 498. The summed E-state index contributed by atoms with van der Waals surface area (Å²) in [4.78, 5) is 0. The molecule has 0 bridgehead atoms. The first-order valence-corrected chi connectivity index (χ1v) is 8.67. The number of rotatable bonds is 5. The molecule has 0 aliphatic carbocycles. The van der Waals surface area contributed by atoms with Gasteiger partial charge in [-0.2, -0.15) is 0 Å². The fourth-order valence-corrected chi connectivity index (χ4v) is 2.34. The van der Waals surface area contributed by atoms with Gasteiger partial charge in [-0.15, -0.1) is 0 Å². The van der Waals surface area contributed by atoms with E-state index in [0.717, 1.165) is 0 Å². The fourth-order valence-electron chi connectivity index (χ4n) is 1.85. The Morgan fingerprint density at radius 1 is 1.16 bits per heavy atom. The lowest BCUT2D eigenvalue weighted by Crippen LogP contribution is -2.25. The molecule has 0 saturated heterocycles. The van der Waals surface area contributed by atoms with Gasteiger partial charge >= 0.3 is 0 Å². The Labute approximate surface area is 117 Å². The predicted molar refractivity (Wildman–Crippen MR) is 81.3 cm³/mol. The molecule has 0 radical (unpaired) electrons. The topological polar surface area (TPSA) is 46.2 Å². The second kappa shape index (κ2) is 6.06. The van der Waals surface area contributed by atoms with Crippen LogP contribution in [0.5, 0.6) is 0 Å². The van der Waals surface area contributed by atoms with Crippen LogP contribution in [-0.4, -0.2) is 27.0 Å². The molecule has 0 aliphatic heterocycles. The highest BCUT2D eigenvalue weighted by atomic mass is 32.2. The molecule has 0 aliphatic rings. The molecule has 1 N–H and O–H groups in total. The summed E-state index contributed by atoms with van der Waals surface area (Å²) in [5, 5.41) is 3.23. The molecule has 1 atom stereocenters. The summed E-state index contributed by atoms with van der Waals surface area (Å²) in [5.74, 6) is 0.178. The standard InChI is InChI=1S/C15H25NO2S/c1-12(16-10-11-19(5,17)18)13-6-8-14(9-7-13)15(2,3)4/h6-9,12,16H,10-11H2,1-5H3. The molecule has 0 amide bonds. The lowest BCUT2D eigenvalue weighted by molar-refractivity contribution is 0.572. The summed E-state index contributed by atoms with van der Waals surface area (Å²) in [7, 11) is -2.89. The Morgan fingerprint density at radius 3 is 2.11 bits per heavy atom. The molecular weight excluding hydrogens is 258 g/mol. The van der Waals surface area contributed by atoms with Crippen LogP contribution in [0.25, 0.3) is 0 Å². The fraction of sp³-hybridized carbons (Fsp3) is 0.600. The average molecular weight is 283 g/mol. The molecule has 0 heterocycles. The van der Waals surface area contributed by atoms with Crippen LogP contribution in [-0.2, 0) is 15.3 Å². The molecule has 1 unspecified atom stereocenters. The first-order chi connectivity index (χ1) is 8.59. The van der Waals surface area contributed by atoms with Crippen molar-refractivity contribution in [1.29, 1.82) is 0 Å². The molecule has 0 aromatic heterocycles. The number of benzene rings is 1. The molecular formula is C15H25NO2S. The smallest absolute Gasteiger partial charge is 0.148 e. The van der Waals surface area contributed by atoms with Crippen LogP contribution in [0.15, 0.2) is 24.3 Å². The quantitative estimate of drug-likeness (QED) is 0.903. The molecule has 0 saturated carbocycles. The molecule has 3 nitrogen and oxygen atoms in total. The van der Waals surface area contributed by atoms with E-state index in [9.17, 15) is 8.42 Å². The maximum Gasteiger partial charge on any atom is 0.148 e. The van der Waals surface area contributed by atoms with E-state index in [1.54, 1.807) is 0 Å². The first kappa shape index (κ1) is 16.2. The molecule has 19 heavy (non-hydrogen) atoms. The molecule has 0 fully saturated rings. The van der Waals surface area contributed by atoms with Gasteiger partial charge < -0.3 is 5.32 Å². The second-order valence-corrected chi connectivity index (χ2v) is 8.44. The van der Waals surface area contributed by atoms with E-state index >= 15 is 0 Å². The average Bonchev–Trinajstić information content (AvgIpc) is 2.26. The van der Waals surface area contributed by atoms with Crippen molar-refractivity contribution < 1.29 is 8.42 Å². The Balaban J connectivity index is 2.61. The van der Waals surface area contributed by atoms with Crippen LogP contribution in [0.1, 0.15) is 44.9 Å². The van der Waals surface area contributed by atoms with Crippen LogP contribution >= 0.6 is 0 Å². The van der Waals surface area contributed by atoms with Crippen LogP contribution in [0.3, 0.4) is 0 Å². The van der Waals surface area contributed by atoms with Crippen LogP contribution in [0.2, 0.25) is 0 Å². The molecule has 1 rings (SSSR count). The van der Waals surface area contributed by atoms with Crippen molar-refractivity contribution in [3.63, 3.8) is 0 Å². The lowest BCUT2D eigenvalue weighted by Gasteiger charge is -2.20. The first-order valence-electron chi connectivity index (χ1n) is 6.61. The summed E-state index contributed by atoms with van der Waals surface area (Å²) in [5.41, 5.74) is 2.65. The Hall–Kier alpha value is -0.870. The molecule has 1 aromatic carbocycles. The largest absolute Gasteiger partial charge is 0.309 e. The number of nitrogens with one attached hydrogen (secondary N) is 1. The predicted octanol–water partition coefficient (Wildman–Crippen LogP) is 2.68. The maximum absolute atomic E-state index is 11.1. The SMILES string of the molecule is CC(NCCS(C)(=O)=O)c1ccc(C(C)(C)C)cc1. The summed E-state index contributed by atoms with van der Waals surface area (Å²) in [6.07, 6.45) is 1.26. The van der Waals surface area contributed by atoms with E-state index in [4.69, 9.17) is 0 Å². The van der Waals surface area contributed by atoms with E-state index in [-0.39, 0.29) is 17.2 Å². The van der Waals surface area contributed by atoms with E-state index in [1.165, 1.54) is 17.4 Å². The number of sulfone groups is 1. The van der Waals surface area contributed by atoms with E-state index < -0.39 is 9.84 Å². The van der Waals surface area contributed by atoms with E-state index in [2.05, 4.69) is 50.4 Å². The van der Waals surface area contributed by atoms with Gasteiger partial charge in [-0.05, 0) is 23.5 Å². The van der Waals surface area contributed by atoms with Gasteiger partial charge in [0.1, 0.15) is 9.84 Å². The van der Waals surface area contributed by atoms with Gasteiger partial charge in [-0.25, -0.2) is 8.42 Å². The number of hydrogen-bond acceptors (Lipinski definition) is 3. The minimum absolute atomic E-state index is 0.158. The van der Waals surface area contributed by atoms with Gasteiger partial charge in [0, 0.05) is 18.8 Å². The van der Waals surface area contributed by atoms with Crippen molar-refractivity contribution in [2.24, 2.45) is 0 Å². The summed E-state index contributed by atoms with van der Waals surface area (Å²) < 4.78 is 22.1. The monoisotopic (exact) mass is 283 g/mol. The van der Waals surface area contributed by atoms with Gasteiger partial charge in [0.15, 0.2) is 0 Å². The maximum atomic E-state index is 11.1. The summed E-state index contributed by atoms with van der Waals surface area (Å²) in [6, 6.07) is 8.67. The normalized spacial score (nSPS) is 14.4. The summed E-state index contributed by atoms with van der Waals surface area (Å²) >= 11 is 0. The van der Waals surface area contributed by atoms with Gasteiger partial charge in [0.25, 0.3) is 0 Å². The Kier molecular flexibility index (Phi) is 5.16. The highest BCUT2D eigenvalue weighted by Crippen LogP contribution is 2.23. The highest BCUT2D eigenvalue weighted by molar-refractivity contribution is 7.90. The molecule has 1 aromatic rings. The van der Waals surface area contributed by atoms with E-state index in [0.29, 0.717) is 6.54 Å². The van der Waals surface area contributed by atoms with Crippen LogP contribution < -0.4 is 5.32 Å². The zero-order valence-corrected chi connectivity index (χ0v) is 13.3. The zero-order valence-electron chi connectivity index (χ0n) is 12.5.